The van der Waals surface area contributed by atoms with E-state index >= 15 is 0 Å². The van der Waals surface area contributed by atoms with Crippen LogP contribution in [0.5, 0.6) is 0 Å². The minimum absolute atomic E-state index is 0.247. The Hall–Kier alpha value is -1.32. The molecule has 1 aromatic carbocycles. The molecule has 0 aliphatic carbocycles. The summed E-state index contributed by atoms with van der Waals surface area (Å²) in [5.74, 6) is 0. The summed E-state index contributed by atoms with van der Waals surface area (Å²) >= 11 is 6.26. The van der Waals surface area contributed by atoms with Crippen LogP contribution in [0.1, 0.15) is 42.8 Å². The van der Waals surface area contributed by atoms with Crippen molar-refractivity contribution in [2.75, 3.05) is 0 Å². The topological polar surface area (TPSA) is 43.8 Å². The summed E-state index contributed by atoms with van der Waals surface area (Å²) in [5, 5.41) is 5.01. The van der Waals surface area contributed by atoms with Gasteiger partial charge in [-0.15, -0.1) is 0 Å². The predicted molar refractivity (Wildman–Crippen MR) is 74.8 cm³/mol. The van der Waals surface area contributed by atoms with E-state index in [0.717, 1.165) is 16.8 Å². The normalized spacial score (nSPS) is 13.0. The smallest absolute Gasteiger partial charge is 0.0737 e. The molecule has 1 aromatic heterocycles. The molecule has 0 spiro atoms. The van der Waals surface area contributed by atoms with E-state index in [4.69, 9.17) is 17.3 Å². The highest BCUT2D eigenvalue weighted by molar-refractivity contribution is 6.31. The minimum Gasteiger partial charge on any atom is -0.319 e. The second-order valence-electron chi connectivity index (χ2n) is 4.80. The van der Waals surface area contributed by atoms with Crippen molar-refractivity contribution in [2.24, 2.45) is 5.73 Å². The number of hydrogen-bond acceptors (Lipinski definition) is 2. The summed E-state index contributed by atoms with van der Waals surface area (Å²) in [6.45, 7) is 6.18. The van der Waals surface area contributed by atoms with Crippen molar-refractivity contribution in [3.8, 4) is 0 Å². The van der Waals surface area contributed by atoms with Crippen LogP contribution in [-0.2, 0) is 0 Å². The third-order valence-corrected chi connectivity index (χ3v) is 3.33. The van der Waals surface area contributed by atoms with E-state index < -0.39 is 0 Å². The van der Waals surface area contributed by atoms with Gasteiger partial charge in [-0.25, -0.2) is 0 Å². The zero-order chi connectivity index (χ0) is 13.3. The second kappa shape index (κ2) is 5.12. The molecule has 1 atom stereocenters. The molecular formula is C14H18ClN3. The average Bonchev–Trinajstić information content (AvgIpc) is 2.77. The van der Waals surface area contributed by atoms with Crippen LogP contribution in [0.2, 0.25) is 5.02 Å². The molecule has 0 aliphatic heterocycles. The molecule has 0 bridgehead atoms. The van der Waals surface area contributed by atoms with Gasteiger partial charge in [0.1, 0.15) is 0 Å². The van der Waals surface area contributed by atoms with E-state index in [-0.39, 0.29) is 12.1 Å². The molecule has 0 aliphatic rings. The number of halogens is 1. The molecule has 4 heteroatoms. The number of benzene rings is 1. The van der Waals surface area contributed by atoms with Crippen molar-refractivity contribution in [2.45, 2.75) is 32.9 Å². The first-order chi connectivity index (χ1) is 8.50. The van der Waals surface area contributed by atoms with Crippen molar-refractivity contribution >= 4 is 11.6 Å². The Balaban J connectivity index is 2.41. The number of nitrogens with zero attached hydrogens (tertiary/aromatic N) is 2. The third kappa shape index (κ3) is 2.42. The molecule has 0 amide bonds. The monoisotopic (exact) mass is 263 g/mol. The fourth-order valence-corrected chi connectivity index (χ4v) is 2.40. The molecule has 0 saturated carbocycles. The Kier molecular flexibility index (Phi) is 3.73. The zero-order valence-corrected chi connectivity index (χ0v) is 11.6. The Morgan fingerprint density at radius 2 is 2.00 bits per heavy atom. The lowest BCUT2D eigenvalue weighted by molar-refractivity contribution is 0.499. The van der Waals surface area contributed by atoms with Crippen LogP contribution in [0.15, 0.2) is 30.5 Å². The maximum absolute atomic E-state index is 6.30. The van der Waals surface area contributed by atoms with Crippen molar-refractivity contribution in [1.29, 1.82) is 0 Å². The standard InChI is InChI=1S/C14H18ClN3/c1-9(2)18-13(6-7-17-18)14(16)11-5-4-10(3)8-12(11)15/h4-9,14H,16H2,1-3H3. The molecule has 18 heavy (non-hydrogen) atoms. The fraction of sp³-hybridized carbons (Fsp3) is 0.357. The molecular weight excluding hydrogens is 246 g/mol. The van der Waals surface area contributed by atoms with Gasteiger partial charge in [0.2, 0.25) is 0 Å². The van der Waals surface area contributed by atoms with Crippen LogP contribution in [0, 0.1) is 6.92 Å². The van der Waals surface area contributed by atoms with Gasteiger partial charge in [-0.1, -0.05) is 23.7 Å². The van der Waals surface area contributed by atoms with Crippen LogP contribution >= 0.6 is 11.6 Å². The van der Waals surface area contributed by atoms with Crippen LogP contribution in [-0.4, -0.2) is 9.78 Å². The molecule has 0 fully saturated rings. The Morgan fingerprint density at radius 3 is 2.61 bits per heavy atom. The molecule has 3 nitrogen and oxygen atoms in total. The lowest BCUT2D eigenvalue weighted by Crippen LogP contribution is -2.19. The number of aryl methyl sites for hydroxylation is 1. The molecule has 0 radical (unpaired) electrons. The number of hydrogen-bond donors (Lipinski definition) is 1. The molecule has 96 valence electrons. The Morgan fingerprint density at radius 1 is 1.28 bits per heavy atom. The lowest BCUT2D eigenvalue weighted by Gasteiger charge is -2.18. The van der Waals surface area contributed by atoms with E-state index in [1.807, 2.05) is 35.9 Å². The van der Waals surface area contributed by atoms with Gasteiger partial charge in [0.05, 0.1) is 11.7 Å². The van der Waals surface area contributed by atoms with E-state index in [1.165, 1.54) is 0 Å². The summed E-state index contributed by atoms with van der Waals surface area (Å²) in [5.41, 5.74) is 9.35. The van der Waals surface area contributed by atoms with Crippen molar-refractivity contribution < 1.29 is 0 Å². The predicted octanol–water partition coefficient (Wildman–Crippen LogP) is 3.47. The molecule has 1 heterocycles. The number of rotatable bonds is 3. The maximum atomic E-state index is 6.30. The highest BCUT2D eigenvalue weighted by Gasteiger charge is 2.17. The average molecular weight is 264 g/mol. The molecule has 2 rings (SSSR count). The Labute approximate surface area is 113 Å². The highest BCUT2D eigenvalue weighted by Crippen LogP contribution is 2.28. The maximum Gasteiger partial charge on any atom is 0.0737 e. The van der Waals surface area contributed by atoms with E-state index in [1.54, 1.807) is 6.20 Å². The van der Waals surface area contributed by atoms with Gasteiger partial charge in [0.25, 0.3) is 0 Å². The van der Waals surface area contributed by atoms with E-state index in [2.05, 4.69) is 18.9 Å². The summed E-state index contributed by atoms with van der Waals surface area (Å²) in [6, 6.07) is 7.93. The Bertz CT molecular complexity index is 546. The molecule has 1 unspecified atom stereocenters. The van der Waals surface area contributed by atoms with Crippen LogP contribution in [0.3, 0.4) is 0 Å². The summed E-state index contributed by atoms with van der Waals surface area (Å²) in [6.07, 6.45) is 1.78. The third-order valence-electron chi connectivity index (χ3n) is 3.00. The van der Waals surface area contributed by atoms with Gasteiger partial charge >= 0.3 is 0 Å². The first-order valence-corrected chi connectivity index (χ1v) is 6.43. The van der Waals surface area contributed by atoms with Crippen LogP contribution < -0.4 is 5.73 Å². The minimum atomic E-state index is -0.247. The van der Waals surface area contributed by atoms with Gasteiger partial charge in [0, 0.05) is 17.3 Å². The first-order valence-electron chi connectivity index (χ1n) is 6.05. The SMILES string of the molecule is Cc1ccc(C(N)c2ccnn2C(C)C)c(Cl)c1. The largest absolute Gasteiger partial charge is 0.319 e. The highest BCUT2D eigenvalue weighted by atomic mass is 35.5. The fourth-order valence-electron chi connectivity index (χ4n) is 2.05. The number of aromatic nitrogens is 2. The van der Waals surface area contributed by atoms with Crippen LogP contribution in [0.4, 0.5) is 0 Å². The first kappa shape index (κ1) is 13.1. The lowest BCUT2D eigenvalue weighted by atomic mass is 10.0. The second-order valence-corrected chi connectivity index (χ2v) is 5.20. The van der Waals surface area contributed by atoms with Gasteiger partial charge in [0.15, 0.2) is 0 Å². The van der Waals surface area contributed by atoms with E-state index in [0.29, 0.717) is 5.02 Å². The summed E-state index contributed by atoms with van der Waals surface area (Å²) in [7, 11) is 0. The number of nitrogens with two attached hydrogens (primary N) is 1. The van der Waals surface area contributed by atoms with Crippen molar-refractivity contribution in [3.05, 3.63) is 52.3 Å². The van der Waals surface area contributed by atoms with Gasteiger partial charge in [-0.05, 0) is 44.0 Å². The van der Waals surface area contributed by atoms with Crippen LogP contribution in [0.25, 0.3) is 0 Å². The molecule has 2 aromatic rings. The molecule has 0 saturated heterocycles. The molecule has 2 N–H and O–H groups in total. The van der Waals surface area contributed by atoms with Gasteiger partial charge < -0.3 is 5.73 Å². The summed E-state index contributed by atoms with van der Waals surface area (Å²) < 4.78 is 1.93. The van der Waals surface area contributed by atoms with Crippen molar-refractivity contribution in [3.63, 3.8) is 0 Å². The van der Waals surface area contributed by atoms with E-state index in [9.17, 15) is 0 Å². The van der Waals surface area contributed by atoms with Gasteiger partial charge in [-0.3, -0.25) is 4.68 Å². The van der Waals surface area contributed by atoms with Gasteiger partial charge in [-0.2, -0.15) is 5.10 Å². The summed E-state index contributed by atoms with van der Waals surface area (Å²) in [4.78, 5) is 0. The quantitative estimate of drug-likeness (QED) is 0.921. The van der Waals surface area contributed by atoms with Crippen molar-refractivity contribution in [1.82, 2.24) is 9.78 Å². The zero-order valence-electron chi connectivity index (χ0n) is 10.9.